The van der Waals surface area contributed by atoms with E-state index in [9.17, 15) is 8.78 Å². The first-order valence-electron chi connectivity index (χ1n) is 8.42. The summed E-state index contributed by atoms with van der Waals surface area (Å²) < 4.78 is 33.4. The largest absolute Gasteiger partial charge is 0.493 e. The third-order valence-corrected chi connectivity index (χ3v) is 5.57. The van der Waals surface area contributed by atoms with Gasteiger partial charge in [0.15, 0.2) is 17.4 Å². The number of methoxy groups -OCH3 is 1. The zero-order valence-corrected chi connectivity index (χ0v) is 14.7. The van der Waals surface area contributed by atoms with E-state index in [-0.39, 0.29) is 27.5 Å². The summed E-state index contributed by atoms with van der Waals surface area (Å²) in [6, 6.07) is 0.752. The van der Waals surface area contributed by atoms with Crippen molar-refractivity contribution < 1.29 is 13.5 Å². The third kappa shape index (κ3) is 2.69. The number of rotatable bonds is 5. The molecule has 2 aromatic rings. The number of halogens is 3. The van der Waals surface area contributed by atoms with Crippen molar-refractivity contribution in [3.63, 3.8) is 0 Å². The van der Waals surface area contributed by atoms with Crippen LogP contribution in [0.2, 0.25) is 5.28 Å². The van der Waals surface area contributed by atoms with Gasteiger partial charge in [-0.1, -0.05) is 0 Å². The van der Waals surface area contributed by atoms with E-state index in [1.807, 2.05) is 0 Å². The molecule has 0 bridgehead atoms. The van der Waals surface area contributed by atoms with E-state index in [1.54, 1.807) is 0 Å². The van der Waals surface area contributed by atoms with Crippen molar-refractivity contribution in [3.8, 4) is 5.75 Å². The minimum absolute atomic E-state index is 0.0487. The maximum atomic E-state index is 14.2. The number of hydrogen-bond donors (Lipinski definition) is 1. The molecular weight excluding hydrogens is 350 g/mol. The molecule has 8 heteroatoms. The van der Waals surface area contributed by atoms with Gasteiger partial charge < -0.3 is 10.1 Å². The van der Waals surface area contributed by atoms with Crippen LogP contribution < -0.4 is 10.1 Å². The van der Waals surface area contributed by atoms with E-state index < -0.39 is 11.6 Å². The van der Waals surface area contributed by atoms with E-state index in [4.69, 9.17) is 16.3 Å². The number of aromatic nitrogens is 2. The molecule has 2 aliphatic rings. The molecule has 1 aromatic carbocycles. The molecule has 1 aromatic heterocycles. The van der Waals surface area contributed by atoms with Crippen molar-refractivity contribution in [2.24, 2.45) is 0 Å². The number of hydrogen-bond acceptors (Lipinski definition) is 5. The van der Waals surface area contributed by atoms with Crippen LogP contribution in [0.4, 0.5) is 14.6 Å². The summed E-state index contributed by atoms with van der Waals surface area (Å²) in [5, 5.41) is 3.35. The topological polar surface area (TPSA) is 50.3 Å². The number of nitrogens with one attached hydrogen (secondary N) is 1. The maximum absolute atomic E-state index is 14.2. The fourth-order valence-electron chi connectivity index (χ4n) is 3.74. The van der Waals surface area contributed by atoms with Gasteiger partial charge in [0, 0.05) is 18.2 Å². The number of benzene rings is 1. The van der Waals surface area contributed by atoms with E-state index in [0.717, 1.165) is 32.0 Å². The number of nitrogens with zero attached hydrogens (tertiary/aromatic N) is 3. The Morgan fingerprint density at radius 2 is 2.00 bits per heavy atom. The van der Waals surface area contributed by atoms with Gasteiger partial charge in [0.05, 0.1) is 12.5 Å². The molecule has 1 aliphatic carbocycles. The monoisotopic (exact) mass is 368 g/mol. The van der Waals surface area contributed by atoms with Crippen LogP contribution in [0.3, 0.4) is 0 Å². The lowest BCUT2D eigenvalue weighted by Gasteiger charge is -2.54. The zero-order valence-electron chi connectivity index (χ0n) is 13.9. The van der Waals surface area contributed by atoms with Crippen LogP contribution in [0.25, 0.3) is 10.9 Å². The van der Waals surface area contributed by atoms with Gasteiger partial charge in [0.1, 0.15) is 11.3 Å². The maximum Gasteiger partial charge on any atom is 0.225 e. The molecule has 0 atom stereocenters. The number of ether oxygens (including phenoxy) is 1. The lowest BCUT2D eigenvalue weighted by molar-refractivity contribution is -0.0181. The predicted octanol–water partition coefficient (Wildman–Crippen LogP) is 3.61. The Hall–Kier alpha value is -1.73. The van der Waals surface area contributed by atoms with E-state index in [0.29, 0.717) is 12.4 Å². The summed E-state index contributed by atoms with van der Waals surface area (Å²) in [6.45, 7) is 2.84. The van der Waals surface area contributed by atoms with Crippen LogP contribution in [-0.4, -0.2) is 47.2 Å². The van der Waals surface area contributed by atoms with Crippen molar-refractivity contribution >= 4 is 28.3 Å². The van der Waals surface area contributed by atoms with Crippen LogP contribution in [0, 0.1) is 11.6 Å². The SMILES string of the molecule is COc1c(F)cc(F)c2nc(Cl)nc(NCC3(N4CCC4)CCC3)c12. The van der Waals surface area contributed by atoms with Crippen molar-refractivity contribution in [1.29, 1.82) is 0 Å². The summed E-state index contributed by atoms with van der Waals surface area (Å²) in [4.78, 5) is 10.5. The summed E-state index contributed by atoms with van der Waals surface area (Å²) in [5.41, 5.74) is 0.0496. The molecule has 2 heterocycles. The average molecular weight is 369 g/mol. The number of anilines is 1. The van der Waals surface area contributed by atoms with Gasteiger partial charge in [-0.15, -0.1) is 0 Å². The minimum atomic E-state index is -0.790. The Labute approximate surface area is 149 Å². The molecule has 25 heavy (non-hydrogen) atoms. The molecule has 1 N–H and O–H groups in total. The second kappa shape index (κ2) is 6.21. The van der Waals surface area contributed by atoms with Gasteiger partial charge in [-0.05, 0) is 50.4 Å². The number of likely N-dealkylation sites (tertiary alicyclic amines) is 1. The fraction of sp³-hybridized carbons (Fsp3) is 0.529. The van der Waals surface area contributed by atoms with Crippen molar-refractivity contribution in [2.45, 2.75) is 31.2 Å². The normalized spacial score (nSPS) is 19.4. The van der Waals surface area contributed by atoms with Gasteiger partial charge >= 0.3 is 0 Å². The highest BCUT2D eigenvalue weighted by atomic mass is 35.5. The fourth-order valence-corrected chi connectivity index (χ4v) is 3.91. The van der Waals surface area contributed by atoms with E-state index >= 15 is 0 Å². The Bertz CT molecular complexity index is 824. The van der Waals surface area contributed by atoms with Gasteiger partial charge in [-0.3, -0.25) is 4.90 Å². The van der Waals surface area contributed by atoms with E-state index in [2.05, 4.69) is 20.2 Å². The van der Waals surface area contributed by atoms with Crippen LogP contribution in [0.1, 0.15) is 25.7 Å². The summed E-state index contributed by atoms with van der Waals surface area (Å²) in [7, 11) is 1.33. The summed E-state index contributed by atoms with van der Waals surface area (Å²) in [5.74, 6) is -1.36. The smallest absolute Gasteiger partial charge is 0.225 e. The van der Waals surface area contributed by atoms with Gasteiger partial charge in [0.2, 0.25) is 5.28 Å². The Kier molecular flexibility index (Phi) is 4.16. The molecule has 1 saturated heterocycles. The molecule has 2 fully saturated rings. The number of fused-ring (bicyclic) bond motifs is 1. The van der Waals surface area contributed by atoms with Crippen LogP contribution in [-0.2, 0) is 0 Å². The standard InChI is InChI=1S/C17H19ClF2N4O/c1-25-14-11(20)8-10(19)13-12(14)15(23-16(18)22-13)21-9-17(4-2-5-17)24-6-3-7-24/h8H,2-7,9H2,1H3,(H,21,22,23). The quantitative estimate of drug-likeness (QED) is 0.817. The molecule has 1 aliphatic heterocycles. The third-order valence-electron chi connectivity index (χ3n) is 5.41. The molecule has 0 spiro atoms. The van der Waals surface area contributed by atoms with Gasteiger partial charge in [-0.2, -0.15) is 0 Å². The first-order chi connectivity index (χ1) is 12.0. The highest BCUT2D eigenvalue weighted by molar-refractivity contribution is 6.29. The van der Waals surface area contributed by atoms with Crippen LogP contribution >= 0.6 is 11.6 Å². The van der Waals surface area contributed by atoms with Crippen molar-refractivity contribution in [2.75, 3.05) is 32.1 Å². The predicted molar refractivity (Wildman–Crippen MR) is 92.3 cm³/mol. The second-order valence-corrected chi connectivity index (χ2v) is 7.05. The summed E-state index contributed by atoms with van der Waals surface area (Å²) in [6.07, 6.45) is 4.62. The first-order valence-corrected chi connectivity index (χ1v) is 8.80. The first kappa shape index (κ1) is 16.7. The molecule has 4 rings (SSSR count). The second-order valence-electron chi connectivity index (χ2n) is 6.71. The Morgan fingerprint density at radius 3 is 2.56 bits per heavy atom. The lowest BCUT2D eigenvalue weighted by Crippen LogP contribution is -2.62. The minimum Gasteiger partial charge on any atom is -0.493 e. The van der Waals surface area contributed by atoms with Crippen LogP contribution in [0.15, 0.2) is 6.07 Å². The van der Waals surface area contributed by atoms with E-state index in [1.165, 1.54) is 20.0 Å². The highest BCUT2D eigenvalue weighted by Gasteiger charge is 2.44. The molecule has 5 nitrogen and oxygen atoms in total. The lowest BCUT2D eigenvalue weighted by atomic mass is 9.73. The highest BCUT2D eigenvalue weighted by Crippen LogP contribution is 2.41. The van der Waals surface area contributed by atoms with Crippen LogP contribution in [0.5, 0.6) is 5.75 Å². The van der Waals surface area contributed by atoms with Crippen molar-refractivity contribution in [3.05, 3.63) is 23.0 Å². The Morgan fingerprint density at radius 1 is 1.24 bits per heavy atom. The molecular formula is C17H19ClF2N4O. The average Bonchev–Trinajstić information content (AvgIpc) is 2.48. The van der Waals surface area contributed by atoms with Gasteiger partial charge in [0.25, 0.3) is 0 Å². The summed E-state index contributed by atoms with van der Waals surface area (Å²) >= 11 is 5.96. The Balaban J connectivity index is 1.73. The molecule has 0 unspecified atom stereocenters. The molecule has 0 radical (unpaired) electrons. The molecule has 0 amide bonds. The van der Waals surface area contributed by atoms with Gasteiger partial charge in [-0.25, -0.2) is 18.7 Å². The van der Waals surface area contributed by atoms with Crippen molar-refractivity contribution in [1.82, 2.24) is 14.9 Å². The zero-order chi connectivity index (χ0) is 17.6. The molecule has 1 saturated carbocycles. The molecule has 134 valence electrons.